The number of alkyl halides is 3. The zero-order chi connectivity index (χ0) is 10.4. The Morgan fingerprint density at radius 2 is 2.14 bits per heavy atom. The van der Waals surface area contributed by atoms with Crippen molar-refractivity contribution in [3.8, 4) is 0 Å². The van der Waals surface area contributed by atoms with Gasteiger partial charge in [0.2, 0.25) is 0 Å². The third kappa shape index (κ3) is 1.87. The summed E-state index contributed by atoms with van der Waals surface area (Å²) < 4.78 is 36.4. The molecule has 0 amide bonds. The van der Waals surface area contributed by atoms with Gasteiger partial charge in [0, 0.05) is 0 Å². The van der Waals surface area contributed by atoms with E-state index in [0.717, 1.165) is 6.20 Å². The minimum Gasteiger partial charge on any atom is -0.383 e. The van der Waals surface area contributed by atoms with Gasteiger partial charge in [0.25, 0.3) is 0 Å². The van der Waals surface area contributed by atoms with Crippen LogP contribution in [0, 0.1) is 0 Å². The molecule has 1 aliphatic carbocycles. The van der Waals surface area contributed by atoms with Crippen LogP contribution in [-0.2, 0) is 12.1 Å². The van der Waals surface area contributed by atoms with Crippen LogP contribution >= 0.6 is 0 Å². The van der Waals surface area contributed by atoms with Gasteiger partial charge in [-0.05, 0) is 12.8 Å². The average molecular weight is 207 g/mol. The summed E-state index contributed by atoms with van der Waals surface area (Å²) in [5, 5.41) is 16.3. The highest BCUT2D eigenvalue weighted by Crippen LogP contribution is 2.44. The molecule has 1 aromatic heterocycles. The molecule has 1 aromatic rings. The van der Waals surface area contributed by atoms with Crippen LogP contribution in [0.25, 0.3) is 0 Å². The molecule has 14 heavy (non-hydrogen) atoms. The maximum Gasteiger partial charge on any atom is 0.408 e. The van der Waals surface area contributed by atoms with E-state index in [1.165, 1.54) is 0 Å². The van der Waals surface area contributed by atoms with E-state index in [-0.39, 0.29) is 5.69 Å². The minimum atomic E-state index is -4.31. The smallest absolute Gasteiger partial charge is 0.383 e. The first-order chi connectivity index (χ1) is 6.39. The lowest BCUT2D eigenvalue weighted by molar-refractivity contribution is -0.142. The van der Waals surface area contributed by atoms with Crippen molar-refractivity contribution in [2.45, 2.75) is 31.2 Å². The van der Waals surface area contributed by atoms with Crippen LogP contribution in [0.3, 0.4) is 0 Å². The Labute approximate surface area is 77.3 Å². The predicted molar refractivity (Wildman–Crippen MR) is 39.2 cm³/mol. The number of hydrogen-bond acceptors (Lipinski definition) is 3. The van der Waals surface area contributed by atoms with E-state index in [1.54, 1.807) is 0 Å². The largest absolute Gasteiger partial charge is 0.408 e. The molecule has 0 radical (unpaired) electrons. The van der Waals surface area contributed by atoms with Crippen LogP contribution in [0.4, 0.5) is 13.2 Å². The van der Waals surface area contributed by atoms with Crippen molar-refractivity contribution < 1.29 is 18.3 Å². The summed E-state index contributed by atoms with van der Waals surface area (Å²) in [5.74, 6) is 0. The van der Waals surface area contributed by atoms with E-state index in [9.17, 15) is 18.3 Å². The van der Waals surface area contributed by atoms with Crippen molar-refractivity contribution in [1.29, 1.82) is 0 Å². The number of halogens is 3. The van der Waals surface area contributed by atoms with Gasteiger partial charge < -0.3 is 5.11 Å². The molecule has 0 bridgehead atoms. The van der Waals surface area contributed by atoms with Crippen molar-refractivity contribution in [3.63, 3.8) is 0 Å². The Bertz CT molecular complexity index is 342. The molecule has 1 fully saturated rings. The van der Waals surface area contributed by atoms with Gasteiger partial charge in [-0.2, -0.15) is 13.2 Å². The second kappa shape index (κ2) is 2.69. The van der Waals surface area contributed by atoms with Gasteiger partial charge in [-0.3, -0.25) is 0 Å². The van der Waals surface area contributed by atoms with Crippen molar-refractivity contribution in [2.24, 2.45) is 0 Å². The zero-order valence-corrected chi connectivity index (χ0v) is 7.12. The average Bonchev–Trinajstić information content (AvgIpc) is 2.60. The fourth-order valence-electron chi connectivity index (χ4n) is 1.15. The molecule has 78 valence electrons. The van der Waals surface area contributed by atoms with Crippen LogP contribution in [-0.4, -0.2) is 26.3 Å². The van der Waals surface area contributed by atoms with E-state index in [0.29, 0.717) is 17.5 Å². The summed E-state index contributed by atoms with van der Waals surface area (Å²) in [6.07, 6.45) is -2.09. The standard InChI is InChI=1S/C7H8F3N3O/c8-7(9,10)4-13-3-5(11-12-13)6(14)1-2-6/h3,14H,1-2,4H2. The third-order valence-corrected chi connectivity index (χ3v) is 2.08. The molecule has 0 spiro atoms. The molecule has 7 heteroatoms. The first kappa shape index (κ1) is 9.45. The summed E-state index contributed by atoms with van der Waals surface area (Å²) in [7, 11) is 0. The molecule has 1 heterocycles. The van der Waals surface area contributed by atoms with Crippen molar-refractivity contribution in [1.82, 2.24) is 15.0 Å². The maximum atomic E-state index is 11.9. The summed E-state index contributed by atoms with van der Waals surface area (Å²) in [6, 6.07) is 0. The molecule has 2 rings (SSSR count). The number of hydrogen-bond donors (Lipinski definition) is 1. The predicted octanol–water partition coefficient (Wildman–Crippen LogP) is 0.822. The molecule has 0 unspecified atom stereocenters. The zero-order valence-electron chi connectivity index (χ0n) is 7.12. The SMILES string of the molecule is OC1(c2cn(CC(F)(F)F)nn2)CC1. The lowest BCUT2D eigenvalue weighted by Gasteiger charge is -2.04. The Balaban J connectivity index is 2.11. The fourth-order valence-corrected chi connectivity index (χ4v) is 1.15. The van der Waals surface area contributed by atoms with E-state index in [4.69, 9.17) is 0 Å². The highest BCUT2D eigenvalue weighted by molar-refractivity contribution is 5.14. The molecule has 4 nitrogen and oxygen atoms in total. The van der Waals surface area contributed by atoms with Crippen molar-refractivity contribution in [2.75, 3.05) is 0 Å². The summed E-state index contributed by atoms with van der Waals surface area (Å²) in [6.45, 7) is -1.17. The number of rotatable bonds is 2. The maximum absolute atomic E-state index is 11.9. The lowest BCUT2D eigenvalue weighted by atomic mass is 10.2. The van der Waals surface area contributed by atoms with Gasteiger partial charge >= 0.3 is 6.18 Å². The second-order valence-corrected chi connectivity index (χ2v) is 3.45. The Morgan fingerprint density at radius 1 is 1.50 bits per heavy atom. The molecule has 1 aliphatic rings. The van der Waals surface area contributed by atoms with Gasteiger partial charge in [-0.25, -0.2) is 4.68 Å². The van der Waals surface area contributed by atoms with Crippen LogP contribution < -0.4 is 0 Å². The van der Waals surface area contributed by atoms with E-state index < -0.39 is 18.3 Å². The number of aliphatic hydroxyl groups is 1. The van der Waals surface area contributed by atoms with E-state index >= 15 is 0 Å². The van der Waals surface area contributed by atoms with Crippen molar-refractivity contribution >= 4 is 0 Å². The van der Waals surface area contributed by atoms with Crippen LogP contribution in [0.1, 0.15) is 18.5 Å². The lowest BCUT2D eigenvalue weighted by Crippen LogP contribution is -2.18. The molecule has 0 aliphatic heterocycles. The van der Waals surface area contributed by atoms with Gasteiger partial charge in [-0.15, -0.1) is 5.10 Å². The molecular formula is C7H8F3N3O. The fraction of sp³-hybridized carbons (Fsp3) is 0.714. The molecule has 0 atom stereocenters. The Morgan fingerprint density at radius 3 is 2.64 bits per heavy atom. The van der Waals surface area contributed by atoms with Gasteiger partial charge in [0.05, 0.1) is 6.20 Å². The van der Waals surface area contributed by atoms with Crippen molar-refractivity contribution in [3.05, 3.63) is 11.9 Å². The van der Waals surface area contributed by atoms with Crippen LogP contribution in [0.5, 0.6) is 0 Å². The van der Waals surface area contributed by atoms with Crippen LogP contribution in [0.15, 0.2) is 6.20 Å². The summed E-state index contributed by atoms with van der Waals surface area (Å²) >= 11 is 0. The topological polar surface area (TPSA) is 50.9 Å². The first-order valence-corrected chi connectivity index (χ1v) is 4.09. The summed E-state index contributed by atoms with van der Waals surface area (Å²) in [4.78, 5) is 0. The normalized spacial score (nSPS) is 19.7. The Hall–Kier alpha value is -1.11. The van der Waals surface area contributed by atoms with E-state index in [2.05, 4.69) is 10.3 Å². The highest BCUT2D eigenvalue weighted by Gasteiger charge is 2.45. The number of aromatic nitrogens is 3. The highest BCUT2D eigenvalue weighted by atomic mass is 19.4. The first-order valence-electron chi connectivity index (χ1n) is 4.09. The van der Waals surface area contributed by atoms with Crippen LogP contribution in [0.2, 0.25) is 0 Å². The molecular weight excluding hydrogens is 199 g/mol. The molecule has 0 saturated heterocycles. The third-order valence-electron chi connectivity index (χ3n) is 2.08. The monoisotopic (exact) mass is 207 g/mol. The second-order valence-electron chi connectivity index (χ2n) is 3.45. The molecule has 0 aromatic carbocycles. The quantitative estimate of drug-likeness (QED) is 0.781. The summed E-state index contributed by atoms with van der Waals surface area (Å²) in [5.41, 5.74) is -0.800. The molecule has 1 saturated carbocycles. The minimum absolute atomic E-state index is 0.224. The van der Waals surface area contributed by atoms with E-state index in [1.807, 2.05) is 0 Å². The van der Waals surface area contributed by atoms with Gasteiger partial charge in [-0.1, -0.05) is 5.21 Å². The van der Waals surface area contributed by atoms with Gasteiger partial charge in [0.15, 0.2) is 0 Å². The number of nitrogens with zero attached hydrogens (tertiary/aromatic N) is 3. The molecule has 1 N–H and O–H groups in total. The van der Waals surface area contributed by atoms with Gasteiger partial charge in [0.1, 0.15) is 17.8 Å². The Kier molecular flexibility index (Phi) is 1.82.